The van der Waals surface area contributed by atoms with Gasteiger partial charge in [0.15, 0.2) is 0 Å². The summed E-state index contributed by atoms with van der Waals surface area (Å²) in [4.78, 5) is 3.86. The first-order chi connectivity index (χ1) is 7.15. The number of allylic oxidation sites excluding steroid dienone is 3. The topological polar surface area (TPSA) is 21.6 Å². The van der Waals surface area contributed by atoms with Gasteiger partial charge in [-0.2, -0.15) is 0 Å². The molecule has 2 nitrogen and oxygen atoms in total. The molecule has 0 unspecified atom stereocenters. The fourth-order valence-electron chi connectivity index (χ4n) is 0.880. The van der Waals surface area contributed by atoms with E-state index in [1.54, 1.807) is 0 Å². The van der Waals surface area contributed by atoms with Crippen molar-refractivity contribution in [1.82, 2.24) is 0 Å². The van der Waals surface area contributed by atoms with E-state index in [1.807, 2.05) is 46.8 Å². The predicted molar refractivity (Wildman–Crippen MR) is 69.2 cm³/mol. The largest absolute Gasteiger partial charge is 0.492 e. The van der Waals surface area contributed by atoms with Gasteiger partial charge in [0.05, 0.1) is 12.3 Å². The zero-order valence-electron chi connectivity index (χ0n) is 10.6. The van der Waals surface area contributed by atoms with Gasteiger partial charge in [-0.25, -0.2) is 0 Å². The Kier molecular flexibility index (Phi) is 11.6. The molecule has 86 valence electrons. The molecule has 0 aromatic carbocycles. The molecule has 0 aromatic rings. The molecule has 15 heavy (non-hydrogen) atoms. The zero-order chi connectivity index (χ0) is 12.3. The Morgan fingerprint density at radius 3 is 2.20 bits per heavy atom. The van der Waals surface area contributed by atoms with Crippen LogP contribution in [0.25, 0.3) is 0 Å². The third-order valence-electron chi connectivity index (χ3n) is 1.37. The summed E-state index contributed by atoms with van der Waals surface area (Å²) in [6.45, 7) is 17.6. The average Bonchev–Trinajstić information content (AvgIpc) is 2.22. The first kappa shape index (κ1) is 16.1. The van der Waals surface area contributed by atoms with Gasteiger partial charge in [0.25, 0.3) is 0 Å². The molecule has 0 aromatic heterocycles. The fraction of sp³-hybridized carbons (Fsp3) is 0.462. The number of rotatable bonds is 5. The van der Waals surface area contributed by atoms with Gasteiger partial charge in [-0.05, 0) is 33.6 Å². The van der Waals surface area contributed by atoms with Gasteiger partial charge in [0, 0.05) is 0 Å². The van der Waals surface area contributed by atoms with Gasteiger partial charge in [-0.1, -0.05) is 32.1 Å². The highest BCUT2D eigenvalue weighted by Crippen LogP contribution is 2.14. The van der Waals surface area contributed by atoms with E-state index in [-0.39, 0.29) is 0 Å². The van der Waals surface area contributed by atoms with Crippen molar-refractivity contribution in [2.75, 3.05) is 6.61 Å². The summed E-state index contributed by atoms with van der Waals surface area (Å²) in [6, 6.07) is 0. The van der Waals surface area contributed by atoms with Crippen molar-refractivity contribution in [2.45, 2.75) is 34.6 Å². The minimum atomic E-state index is 0.617. The summed E-state index contributed by atoms with van der Waals surface area (Å²) in [5.74, 6) is 0.729. The summed E-state index contributed by atoms with van der Waals surface area (Å²) in [7, 11) is 0. The molecule has 0 heterocycles. The van der Waals surface area contributed by atoms with Crippen LogP contribution in [0.5, 0.6) is 0 Å². The normalized spacial score (nSPS) is 11.3. The molecule has 0 fully saturated rings. The highest BCUT2D eigenvalue weighted by Gasteiger charge is 2.01. The van der Waals surface area contributed by atoms with E-state index in [0.717, 1.165) is 17.0 Å². The van der Waals surface area contributed by atoms with E-state index in [0.29, 0.717) is 6.61 Å². The molecule has 0 spiro atoms. The first-order valence-electron chi connectivity index (χ1n) is 5.29. The second kappa shape index (κ2) is 10.8. The lowest BCUT2D eigenvalue weighted by Gasteiger charge is -2.08. The molecule has 0 aliphatic heterocycles. The molecule has 0 aliphatic carbocycles. The lowest BCUT2D eigenvalue weighted by Crippen LogP contribution is -1.94. The number of ether oxygens (including phenoxy) is 1. The van der Waals surface area contributed by atoms with Crippen molar-refractivity contribution < 1.29 is 4.74 Å². The van der Waals surface area contributed by atoms with Crippen molar-refractivity contribution in [3.63, 3.8) is 0 Å². The molecule has 0 bridgehead atoms. The smallest absolute Gasteiger partial charge is 0.144 e. The van der Waals surface area contributed by atoms with Crippen LogP contribution in [0.2, 0.25) is 0 Å². The molecular formula is C13H23NO. The van der Waals surface area contributed by atoms with Crippen LogP contribution < -0.4 is 0 Å². The number of nitrogens with zero attached hydrogens (tertiary/aromatic N) is 1. The van der Waals surface area contributed by atoms with Crippen LogP contribution in [0.4, 0.5) is 0 Å². The van der Waals surface area contributed by atoms with Crippen LogP contribution in [-0.2, 0) is 4.74 Å². The molecule has 0 N–H and O–H groups in total. The van der Waals surface area contributed by atoms with E-state index in [4.69, 9.17) is 4.74 Å². The Bertz CT molecular complexity index is 249. The van der Waals surface area contributed by atoms with Crippen LogP contribution in [0.3, 0.4) is 0 Å². The van der Waals surface area contributed by atoms with E-state index in [9.17, 15) is 0 Å². The average molecular weight is 209 g/mol. The van der Waals surface area contributed by atoms with Gasteiger partial charge in [-0.3, -0.25) is 4.99 Å². The maximum Gasteiger partial charge on any atom is 0.144 e. The van der Waals surface area contributed by atoms with E-state index >= 15 is 0 Å². The van der Waals surface area contributed by atoms with Crippen LogP contribution in [-0.4, -0.2) is 13.3 Å². The predicted octanol–water partition coefficient (Wildman–Crippen LogP) is 4.11. The SMILES string of the molecule is C=NC(=C/C)/C(=C\C(=C)C)OCC.CC. The van der Waals surface area contributed by atoms with E-state index in [1.165, 1.54) is 0 Å². The highest BCUT2D eigenvalue weighted by molar-refractivity contribution is 5.38. The van der Waals surface area contributed by atoms with Gasteiger partial charge in [0.2, 0.25) is 0 Å². The first-order valence-corrected chi connectivity index (χ1v) is 5.29. The van der Waals surface area contributed by atoms with Gasteiger partial charge < -0.3 is 4.74 Å². The number of hydrogen-bond donors (Lipinski definition) is 0. The lowest BCUT2D eigenvalue weighted by molar-refractivity contribution is 0.237. The van der Waals surface area contributed by atoms with Crippen molar-refractivity contribution >= 4 is 6.72 Å². The molecule has 0 amide bonds. The number of hydrogen-bond acceptors (Lipinski definition) is 2. The molecule has 2 heteroatoms. The zero-order valence-corrected chi connectivity index (χ0v) is 10.6. The van der Waals surface area contributed by atoms with E-state index < -0.39 is 0 Å². The Morgan fingerprint density at radius 2 is 1.93 bits per heavy atom. The van der Waals surface area contributed by atoms with Gasteiger partial charge in [-0.15, -0.1) is 0 Å². The third-order valence-corrected chi connectivity index (χ3v) is 1.37. The van der Waals surface area contributed by atoms with Gasteiger partial charge in [0.1, 0.15) is 5.76 Å². The Hall–Kier alpha value is -1.31. The summed E-state index contributed by atoms with van der Waals surface area (Å²) >= 11 is 0. The van der Waals surface area contributed by atoms with Crippen molar-refractivity contribution in [2.24, 2.45) is 4.99 Å². The van der Waals surface area contributed by atoms with Crippen LogP contribution >= 0.6 is 0 Å². The van der Waals surface area contributed by atoms with E-state index in [2.05, 4.69) is 18.3 Å². The Labute approximate surface area is 94.1 Å². The molecule has 0 radical (unpaired) electrons. The van der Waals surface area contributed by atoms with Crippen molar-refractivity contribution in [3.8, 4) is 0 Å². The lowest BCUT2D eigenvalue weighted by atomic mass is 10.2. The maximum absolute atomic E-state index is 5.39. The molecule has 0 saturated carbocycles. The Balaban J connectivity index is 0. The second-order valence-corrected chi connectivity index (χ2v) is 2.62. The molecule has 0 atom stereocenters. The molecular weight excluding hydrogens is 186 g/mol. The molecule has 0 aliphatic rings. The molecule has 0 rings (SSSR count). The van der Waals surface area contributed by atoms with Crippen LogP contribution in [0.1, 0.15) is 34.6 Å². The van der Waals surface area contributed by atoms with Gasteiger partial charge >= 0.3 is 0 Å². The van der Waals surface area contributed by atoms with Crippen molar-refractivity contribution in [1.29, 1.82) is 0 Å². The summed E-state index contributed by atoms with van der Waals surface area (Å²) in [6.07, 6.45) is 3.71. The summed E-state index contributed by atoms with van der Waals surface area (Å²) < 4.78 is 5.39. The summed E-state index contributed by atoms with van der Waals surface area (Å²) in [5.41, 5.74) is 1.69. The minimum absolute atomic E-state index is 0.617. The monoisotopic (exact) mass is 209 g/mol. The van der Waals surface area contributed by atoms with Crippen LogP contribution in [0.15, 0.2) is 40.8 Å². The second-order valence-electron chi connectivity index (χ2n) is 2.62. The maximum atomic E-state index is 5.39. The quantitative estimate of drug-likeness (QED) is 0.379. The van der Waals surface area contributed by atoms with Crippen LogP contribution in [0, 0.1) is 0 Å². The molecule has 0 saturated heterocycles. The number of aliphatic imine (C=N–C) groups is 1. The third kappa shape index (κ3) is 7.74. The van der Waals surface area contributed by atoms with Crippen molar-refractivity contribution in [3.05, 3.63) is 35.8 Å². The summed E-state index contributed by atoms with van der Waals surface area (Å²) in [5, 5.41) is 0. The fourth-order valence-corrected chi connectivity index (χ4v) is 0.880. The Morgan fingerprint density at radius 1 is 1.40 bits per heavy atom. The minimum Gasteiger partial charge on any atom is -0.492 e. The standard InChI is InChI=1S/C11H17NO.C2H6/c1-6-10(12-5)11(13-7-2)8-9(3)4;1-2/h6,8H,3,5,7H2,1-2,4H3;1-2H3/b10-6+,11-8+;. The highest BCUT2D eigenvalue weighted by atomic mass is 16.5.